The Bertz CT molecular complexity index is 952. The molecule has 0 spiro atoms. The van der Waals surface area contributed by atoms with Crippen molar-refractivity contribution in [3.05, 3.63) is 77.6 Å². The molecule has 1 heterocycles. The van der Waals surface area contributed by atoms with E-state index in [9.17, 15) is 9.59 Å². The minimum absolute atomic E-state index is 0.202. The maximum absolute atomic E-state index is 12.6. The highest BCUT2D eigenvalue weighted by molar-refractivity contribution is 5.97. The van der Waals surface area contributed by atoms with Crippen LogP contribution in [0.1, 0.15) is 28.6 Å². The normalized spacial score (nSPS) is 11.5. The van der Waals surface area contributed by atoms with E-state index in [-0.39, 0.29) is 12.4 Å². The molecule has 0 saturated carbocycles. The first-order valence-corrected chi connectivity index (χ1v) is 8.74. The summed E-state index contributed by atoms with van der Waals surface area (Å²) in [6, 6.07) is 17.8. The summed E-state index contributed by atoms with van der Waals surface area (Å²) in [4.78, 5) is 24.7. The van der Waals surface area contributed by atoms with Crippen LogP contribution in [0, 0.1) is 6.92 Å². The molecule has 7 heteroatoms. The molecule has 0 saturated heterocycles. The Balaban J connectivity index is 1.62. The number of hydrogen-bond acceptors (Lipinski definition) is 6. The van der Waals surface area contributed by atoms with Gasteiger partial charge in [-0.3, -0.25) is 4.79 Å². The Hall–Kier alpha value is -3.61. The van der Waals surface area contributed by atoms with Crippen LogP contribution < -0.4 is 10.1 Å². The molecule has 144 valence electrons. The van der Waals surface area contributed by atoms with Crippen molar-refractivity contribution in [1.82, 2.24) is 5.16 Å². The molecule has 0 unspecified atom stereocenters. The first-order valence-electron chi connectivity index (χ1n) is 8.74. The molecule has 0 bridgehead atoms. The maximum atomic E-state index is 12.6. The average Bonchev–Trinajstić information content (AvgIpc) is 3.11. The summed E-state index contributed by atoms with van der Waals surface area (Å²) >= 11 is 0. The summed E-state index contributed by atoms with van der Waals surface area (Å²) in [5.74, 6) is 0.418. The van der Waals surface area contributed by atoms with E-state index in [1.54, 1.807) is 31.2 Å². The van der Waals surface area contributed by atoms with Crippen molar-refractivity contribution in [2.75, 3.05) is 5.32 Å². The number of rotatable bonds is 7. The van der Waals surface area contributed by atoms with Gasteiger partial charge in [-0.15, -0.1) is 0 Å². The van der Waals surface area contributed by atoms with E-state index >= 15 is 0 Å². The number of carbonyl (C=O) groups excluding carboxylic acids is 2. The number of nitrogens with zero attached hydrogens (tertiary/aromatic N) is 1. The number of benzene rings is 2. The van der Waals surface area contributed by atoms with Gasteiger partial charge in [-0.05, 0) is 32.0 Å². The topological polar surface area (TPSA) is 90.7 Å². The molecule has 0 fully saturated rings. The number of hydrogen-bond donors (Lipinski definition) is 1. The number of nitrogens with one attached hydrogen (secondary N) is 1. The lowest BCUT2D eigenvalue weighted by Gasteiger charge is -2.14. The molecule has 0 aliphatic heterocycles. The maximum Gasteiger partial charge on any atom is 0.339 e. The lowest BCUT2D eigenvalue weighted by Crippen LogP contribution is -2.30. The van der Waals surface area contributed by atoms with Crippen LogP contribution in [-0.2, 0) is 16.1 Å². The van der Waals surface area contributed by atoms with E-state index in [1.165, 1.54) is 6.92 Å². The Morgan fingerprint density at radius 1 is 1.11 bits per heavy atom. The van der Waals surface area contributed by atoms with E-state index in [0.717, 1.165) is 0 Å². The van der Waals surface area contributed by atoms with Gasteiger partial charge in [0.1, 0.15) is 18.1 Å². The Morgan fingerprint density at radius 2 is 1.82 bits per heavy atom. The summed E-state index contributed by atoms with van der Waals surface area (Å²) in [5.41, 5.74) is 1.01. The lowest BCUT2D eigenvalue weighted by molar-refractivity contribution is -0.123. The largest absolute Gasteiger partial charge is 0.489 e. The van der Waals surface area contributed by atoms with Crippen LogP contribution in [0.3, 0.4) is 0 Å². The summed E-state index contributed by atoms with van der Waals surface area (Å²) in [7, 11) is 0. The van der Waals surface area contributed by atoms with Crippen LogP contribution in [0.4, 0.5) is 5.82 Å². The zero-order chi connectivity index (χ0) is 19.9. The second-order valence-electron chi connectivity index (χ2n) is 6.12. The van der Waals surface area contributed by atoms with Crippen molar-refractivity contribution < 1.29 is 23.6 Å². The monoisotopic (exact) mass is 380 g/mol. The molecule has 3 rings (SSSR count). The van der Waals surface area contributed by atoms with Gasteiger partial charge >= 0.3 is 5.97 Å². The number of ether oxygens (including phenoxy) is 2. The predicted octanol–water partition coefficient (Wildman–Crippen LogP) is 3.75. The number of anilines is 1. The molecule has 28 heavy (non-hydrogen) atoms. The Morgan fingerprint density at radius 3 is 2.54 bits per heavy atom. The zero-order valence-electron chi connectivity index (χ0n) is 15.5. The molecule has 1 amide bonds. The standard InChI is InChI=1S/C21H20N2O5/c1-14-12-19(23-28-14)22-20(24)15(2)27-21(25)18-11-7-6-8-16(18)13-26-17-9-4-3-5-10-17/h3-12,15H,13H2,1-2H3,(H,22,23,24)/t15-/m1/s1. The summed E-state index contributed by atoms with van der Waals surface area (Å²) in [6.07, 6.45) is -1.01. The number of aromatic nitrogens is 1. The van der Waals surface area contributed by atoms with E-state index in [4.69, 9.17) is 14.0 Å². The lowest BCUT2D eigenvalue weighted by atomic mass is 10.1. The van der Waals surface area contributed by atoms with Gasteiger partial charge in [0.05, 0.1) is 5.56 Å². The molecule has 2 aromatic carbocycles. The molecule has 0 radical (unpaired) electrons. The van der Waals surface area contributed by atoms with Crippen LogP contribution in [0.5, 0.6) is 5.75 Å². The van der Waals surface area contributed by atoms with Gasteiger partial charge in [0, 0.05) is 11.6 Å². The van der Waals surface area contributed by atoms with Crippen LogP contribution in [0.15, 0.2) is 65.2 Å². The third-order valence-corrected chi connectivity index (χ3v) is 3.91. The smallest absolute Gasteiger partial charge is 0.339 e. The van der Waals surface area contributed by atoms with Crippen molar-refractivity contribution in [3.8, 4) is 5.75 Å². The minimum Gasteiger partial charge on any atom is -0.489 e. The zero-order valence-corrected chi connectivity index (χ0v) is 15.5. The minimum atomic E-state index is -1.01. The van der Waals surface area contributed by atoms with Crippen LogP contribution in [-0.4, -0.2) is 23.1 Å². The highest BCUT2D eigenvalue weighted by atomic mass is 16.5. The van der Waals surface area contributed by atoms with Crippen LogP contribution in [0.25, 0.3) is 0 Å². The van der Waals surface area contributed by atoms with Gasteiger partial charge in [-0.25, -0.2) is 4.79 Å². The van der Waals surface area contributed by atoms with Gasteiger partial charge in [0.15, 0.2) is 11.9 Å². The average molecular weight is 380 g/mol. The van der Waals surface area contributed by atoms with Crippen LogP contribution >= 0.6 is 0 Å². The Kier molecular flexibility index (Phi) is 6.06. The van der Waals surface area contributed by atoms with E-state index in [1.807, 2.05) is 36.4 Å². The molecule has 1 N–H and O–H groups in total. The van der Waals surface area contributed by atoms with Crippen molar-refractivity contribution in [3.63, 3.8) is 0 Å². The number of esters is 1. The fourth-order valence-corrected chi connectivity index (χ4v) is 2.45. The third-order valence-electron chi connectivity index (χ3n) is 3.91. The second-order valence-corrected chi connectivity index (χ2v) is 6.12. The molecule has 1 atom stereocenters. The van der Waals surface area contributed by atoms with Crippen LogP contribution in [0.2, 0.25) is 0 Å². The number of para-hydroxylation sites is 1. The molecule has 1 aromatic heterocycles. The molecular formula is C21H20N2O5. The van der Waals surface area contributed by atoms with Crippen molar-refractivity contribution in [1.29, 1.82) is 0 Å². The quantitative estimate of drug-likeness (QED) is 0.628. The number of carbonyl (C=O) groups is 2. The highest BCUT2D eigenvalue weighted by Gasteiger charge is 2.21. The summed E-state index contributed by atoms with van der Waals surface area (Å²) in [5, 5.41) is 6.21. The molecule has 0 aliphatic rings. The molecule has 7 nitrogen and oxygen atoms in total. The SMILES string of the molecule is Cc1cc(NC(=O)[C@@H](C)OC(=O)c2ccccc2COc2ccccc2)no1. The second kappa shape index (κ2) is 8.85. The van der Waals surface area contributed by atoms with E-state index in [2.05, 4.69) is 10.5 Å². The fraction of sp³-hybridized carbons (Fsp3) is 0.190. The molecular weight excluding hydrogens is 360 g/mol. The van der Waals surface area contributed by atoms with Gasteiger partial charge in [-0.1, -0.05) is 41.6 Å². The van der Waals surface area contributed by atoms with Gasteiger partial charge in [0.2, 0.25) is 0 Å². The fourth-order valence-electron chi connectivity index (χ4n) is 2.45. The molecule has 0 aliphatic carbocycles. The summed E-state index contributed by atoms with van der Waals surface area (Å²) in [6.45, 7) is 3.40. The number of aryl methyl sites for hydroxylation is 1. The predicted molar refractivity (Wildman–Crippen MR) is 102 cm³/mol. The third kappa shape index (κ3) is 4.97. The van der Waals surface area contributed by atoms with Gasteiger partial charge < -0.3 is 19.3 Å². The Labute approximate surface area is 162 Å². The highest BCUT2D eigenvalue weighted by Crippen LogP contribution is 2.16. The van der Waals surface area contributed by atoms with Crippen molar-refractivity contribution >= 4 is 17.7 Å². The van der Waals surface area contributed by atoms with Gasteiger partial charge in [0.25, 0.3) is 5.91 Å². The van der Waals surface area contributed by atoms with E-state index in [0.29, 0.717) is 22.6 Å². The van der Waals surface area contributed by atoms with E-state index < -0.39 is 18.0 Å². The first-order chi connectivity index (χ1) is 13.5. The van der Waals surface area contributed by atoms with Crippen molar-refractivity contribution in [2.45, 2.75) is 26.6 Å². The molecule has 3 aromatic rings. The first kappa shape index (κ1) is 19.2. The summed E-state index contributed by atoms with van der Waals surface area (Å²) < 4.78 is 15.9. The van der Waals surface area contributed by atoms with Crippen molar-refractivity contribution in [2.24, 2.45) is 0 Å². The van der Waals surface area contributed by atoms with Gasteiger partial charge in [-0.2, -0.15) is 0 Å². The number of amides is 1.